The molecule has 0 aromatic heterocycles. The Hall–Kier alpha value is -0.0800. The molecule has 108 valence electrons. The monoisotopic (exact) mass is 255 g/mol. The highest BCUT2D eigenvalue weighted by atomic mass is 16.3. The van der Waals surface area contributed by atoms with E-state index in [1.54, 1.807) is 0 Å². The molecule has 1 rings (SSSR count). The first-order valence-electron chi connectivity index (χ1n) is 7.95. The summed E-state index contributed by atoms with van der Waals surface area (Å²) in [5.41, 5.74) is -0.0626. The number of aliphatic hydroxyl groups is 1. The molecule has 0 spiro atoms. The maximum atomic E-state index is 10.6. The minimum Gasteiger partial charge on any atom is -0.391 e. The van der Waals surface area contributed by atoms with E-state index in [4.69, 9.17) is 0 Å². The molecule has 2 nitrogen and oxygen atoms in total. The molecule has 0 radical (unpaired) electrons. The molecule has 1 heterocycles. The summed E-state index contributed by atoms with van der Waals surface area (Å²) >= 11 is 0. The zero-order valence-electron chi connectivity index (χ0n) is 12.9. The zero-order chi connectivity index (χ0) is 13.6. The van der Waals surface area contributed by atoms with Crippen molar-refractivity contribution in [2.24, 2.45) is 5.92 Å². The number of hydrogen-bond acceptors (Lipinski definition) is 2. The molecule has 18 heavy (non-hydrogen) atoms. The van der Waals surface area contributed by atoms with Crippen LogP contribution in [-0.2, 0) is 0 Å². The van der Waals surface area contributed by atoms with E-state index in [9.17, 15) is 5.11 Å². The second-order valence-electron chi connectivity index (χ2n) is 6.49. The van der Waals surface area contributed by atoms with Crippen LogP contribution in [0.2, 0.25) is 0 Å². The maximum absolute atomic E-state index is 10.6. The van der Waals surface area contributed by atoms with Gasteiger partial charge in [-0.25, -0.2) is 0 Å². The van der Waals surface area contributed by atoms with Crippen LogP contribution >= 0.6 is 0 Å². The van der Waals surface area contributed by atoms with Crippen LogP contribution in [0.3, 0.4) is 0 Å². The summed E-state index contributed by atoms with van der Waals surface area (Å²) < 4.78 is 0. The number of rotatable bonds is 6. The second kappa shape index (κ2) is 7.49. The van der Waals surface area contributed by atoms with Gasteiger partial charge in [0, 0.05) is 5.54 Å². The molecule has 0 amide bonds. The first-order valence-corrected chi connectivity index (χ1v) is 7.95. The van der Waals surface area contributed by atoms with Gasteiger partial charge >= 0.3 is 0 Å². The van der Waals surface area contributed by atoms with Crippen molar-refractivity contribution in [2.75, 3.05) is 13.1 Å². The van der Waals surface area contributed by atoms with Gasteiger partial charge in [-0.05, 0) is 52.1 Å². The predicted molar refractivity (Wildman–Crippen MR) is 78.8 cm³/mol. The normalized spacial score (nSPS) is 21.0. The minimum atomic E-state index is -0.194. The van der Waals surface area contributed by atoms with Crippen LogP contribution in [0.4, 0.5) is 0 Å². The van der Waals surface area contributed by atoms with E-state index in [0.717, 1.165) is 19.5 Å². The van der Waals surface area contributed by atoms with Crippen LogP contribution < -0.4 is 0 Å². The lowest BCUT2D eigenvalue weighted by molar-refractivity contribution is -0.0215. The van der Waals surface area contributed by atoms with Crippen LogP contribution in [0.5, 0.6) is 0 Å². The number of nitrogens with zero attached hydrogens (tertiary/aromatic N) is 1. The van der Waals surface area contributed by atoms with Gasteiger partial charge in [0.05, 0.1) is 6.10 Å². The Morgan fingerprint density at radius 1 is 1.00 bits per heavy atom. The summed E-state index contributed by atoms with van der Waals surface area (Å²) in [5, 5.41) is 10.6. The van der Waals surface area contributed by atoms with Gasteiger partial charge in [-0.15, -0.1) is 0 Å². The summed E-state index contributed by atoms with van der Waals surface area (Å²) in [4.78, 5) is 2.52. The van der Waals surface area contributed by atoms with Crippen LogP contribution in [0, 0.1) is 5.92 Å². The molecule has 0 bridgehead atoms. The fourth-order valence-corrected chi connectivity index (χ4v) is 3.08. The summed E-state index contributed by atoms with van der Waals surface area (Å²) in [6.45, 7) is 11.2. The average molecular weight is 255 g/mol. The summed E-state index contributed by atoms with van der Waals surface area (Å²) in [6.07, 6.45) is 8.43. The summed E-state index contributed by atoms with van der Waals surface area (Å²) in [5.74, 6) is 0.672. The van der Waals surface area contributed by atoms with Gasteiger partial charge in [-0.2, -0.15) is 0 Å². The Labute approximate surface area is 114 Å². The van der Waals surface area contributed by atoms with Crippen molar-refractivity contribution < 1.29 is 5.11 Å². The SMILES string of the molecule is CCC(CC)CC(O)C(C)(C)N1CCCCCC1. The van der Waals surface area contributed by atoms with E-state index in [2.05, 4.69) is 32.6 Å². The van der Waals surface area contributed by atoms with Crippen LogP contribution in [0.1, 0.15) is 72.6 Å². The molecule has 0 saturated carbocycles. The van der Waals surface area contributed by atoms with Crippen molar-refractivity contribution in [1.29, 1.82) is 0 Å². The lowest BCUT2D eigenvalue weighted by Gasteiger charge is -2.42. The molecular formula is C16H33NO. The van der Waals surface area contributed by atoms with Crippen molar-refractivity contribution >= 4 is 0 Å². The van der Waals surface area contributed by atoms with E-state index >= 15 is 0 Å². The van der Waals surface area contributed by atoms with Gasteiger partial charge < -0.3 is 5.11 Å². The van der Waals surface area contributed by atoms with E-state index < -0.39 is 0 Å². The van der Waals surface area contributed by atoms with E-state index in [1.165, 1.54) is 38.5 Å². The summed E-state index contributed by atoms with van der Waals surface area (Å²) in [7, 11) is 0. The number of hydrogen-bond donors (Lipinski definition) is 1. The average Bonchev–Trinajstić information content (AvgIpc) is 2.64. The van der Waals surface area contributed by atoms with Crippen molar-refractivity contribution in [1.82, 2.24) is 4.90 Å². The molecule has 1 aliphatic rings. The predicted octanol–water partition coefficient (Wildman–Crippen LogP) is 3.83. The van der Waals surface area contributed by atoms with Crippen LogP contribution in [0.25, 0.3) is 0 Å². The first kappa shape index (κ1) is 16.0. The van der Waals surface area contributed by atoms with E-state index in [-0.39, 0.29) is 11.6 Å². The summed E-state index contributed by atoms with van der Waals surface area (Å²) in [6, 6.07) is 0. The highest BCUT2D eigenvalue weighted by Crippen LogP contribution is 2.28. The Bertz CT molecular complexity index is 215. The molecule has 2 heteroatoms. The Morgan fingerprint density at radius 2 is 1.50 bits per heavy atom. The first-order chi connectivity index (χ1) is 8.52. The third kappa shape index (κ3) is 4.24. The highest BCUT2D eigenvalue weighted by Gasteiger charge is 2.35. The fourth-order valence-electron chi connectivity index (χ4n) is 3.08. The Kier molecular flexibility index (Phi) is 6.65. The third-order valence-electron chi connectivity index (χ3n) is 4.95. The van der Waals surface area contributed by atoms with E-state index in [1.807, 2.05) is 0 Å². The van der Waals surface area contributed by atoms with Gasteiger partial charge in [0.25, 0.3) is 0 Å². The Morgan fingerprint density at radius 3 is 1.94 bits per heavy atom. The van der Waals surface area contributed by atoms with Crippen LogP contribution in [0.15, 0.2) is 0 Å². The molecular weight excluding hydrogens is 222 g/mol. The van der Waals surface area contributed by atoms with E-state index in [0.29, 0.717) is 5.92 Å². The van der Waals surface area contributed by atoms with Gasteiger partial charge in [0.15, 0.2) is 0 Å². The quantitative estimate of drug-likeness (QED) is 0.780. The fraction of sp³-hybridized carbons (Fsp3) is 1.00. The minimum absolute atomic E-state index is 0.0626. The van der Waals surface area contributed by atoms with Gasteiger partial charge in [0.2, 0.25) is 0 Å². The molecule has 1 N–H and O–H groups in total. The molecule has 0 aliphatic carbocycles. The van der Waals surface area contributed by atoms with Gasteiger partial charge in [-0.3, -0.25) is 4.90 Å². The zero-order valence-corrected chi connectivity index (χ0v) is 12.9. The lowest BCUT2D eigenvalue weighted by Crippen LogP contribution is -2.53. The van der Waals surface area contributed by atoms with Gasteiger partial charge in [0.1, 0.15) is 0 Å². The molecule has 1 fully saturated rings. The standard InChI is InChI=1S/C16H33NO/c1-5-14(6-2)13-15(18)16(3,4)17-11-9-7-8-10-12-17/h14-15,18H,5-13H2,1-4H3. The second-order valence-corrected chi connectivity index (χ2v) is 6.49. The van der Waals surface area contributed by atoms with Crippen molar-refractivity contribution in [3.05, 3.63) is 0 Å². The largest absolute Gasteiger partial charge is 0.391 e. The van der Waals surface area contributed by atoms with Crippen molar-refractivity contribution in [3.63, 3.8) is 0 Å². The lowest BCUT2D eigenvalue weighted by atomic mass is 9.85. The smallest absolute Gasteiger partial charge is 0.0721 e. The molecule has 1 atom stereocenters. The molecule has 1 aliphatic heterocycles. The number of likely N-dealkylation sites (tertiary alicyclic amines) is 1. The Balaban J connectivity index is 2.58. The van der Waals surface area contributed by atoms with Crippen molar-refractivity contribution in [2.45, 2.75) is 84.3 Å². The molecule has 1 unspecified atom stereocenters. The molecule has 0 aromatic rings. The maximum Gasteiger partial charge on any atom is 0.0721 e. The van der Waals surface area contributed by atoms with Crippen LogP contribution in [-0.4, -0.2) is 34.7 Å². The number of aliphatic hydroxyl groups excluding tert-OH is 1. The highest BCUT2D eigenvalue weighted by molar-refractivity contribution is 4.90. The van der Waals surface area contributed by atoms with Crippen molar-refractivity contribution in [3.8, 4) is 0 Å². The third-order valence-corrected chi connectivity index (χ3v) is 4.95. The topological polar surface area (TPSA) is 23.5 Å². The van der Waals surface area contributed by atoms with Gasteiger partial charge in [-0.1, -0.05) is 39.5 Å². The molecule has 1 saturated heterocycles. The molecule has 0 aromatic carbocycles.